The van der Waals surface area contributed by atoms with E-state index >= 15 is 0 Å². The number of nitrogens with zero attached hydrogens (tertiary/aromatic N) is 4. The van der Waals surface area contributed by atoms with Gasteiger partial charge in [0.15, 0.2) is 5.82 Å². The van der Waals surface area contributed by atoms with E-state index in [2.05, 4.69) is 59.5 Å². The van der Waals surface area contributed by atoms with Crippen LogP contribution in [0.5, 0.6) is 0 Å². The van der Waals surface area contributed by atoms with E-state index in [-0.39, 0.29) is 6.04 Å². The molecule has 1 unspecified atom stereocenters. The summed E-state index contributed by atoms with van der Waals surface area (Å²) in [5.41, 5.74) is 1.37. The predicted molar refractivity (Wildman–Crippen MR) is 80.6 cm³/mol. The first-order valence-corrected chi connectivity index (χ1v) is 7.55. The monoisotopic (exact) mass is 294 g/mol. The van der Waals surface area contributed by atoms with E-state index in [0.717, 1.165) is 13.1 Å². The second kappa shape index (κ2) is 6.47. The van der Waals surface area contributed by atoms with Crippen LogP contribution in [0.4, 0.5) is 0 Å². The summed E-state index contributed by atoms with van der Waals surface area (Å²) in [6.07, 6.45) is 0. The first-order chi connectivity index (χ1) is 9.45. The van der Waals surface area contributed by atoms with Crippen LogP contribution < -0.4 is 0 Å². The van der Waals surface area contributed by atoms with Gasteiger partial charge in [0.25, 0.3) is 0 Å². The van der Waals surface area contributed by atoms with E-state index in [0.29, 0.717) is 11.7 Å². The summed E-state index contributed by atoms with van der Waals surface area (Å²) in [7, 11) is 6.25. The van der Waals surface area contributed by atoms with Crippen LogP contribution in [-0.2, 0) is 13.1 Å². The fraction of sp³-hybridized carbons (Fsp3) is 0.571. The fourth-order valence-electron chi connectivity index (χ4n) is 2.01. The van der Waals surface area contributed by atoms with Crippen LogP contribution in [0.25, 0.3) is 0 Å². The molecular formula is C14H22N4OS. The third-order valence-electron chi connectivity index (χ3n) is 3.17. The minimum absolute atomic E-state index is 0.121. The van der Waals surface area contributed by atoms with Gasteiger partial charge in [-0.3, -0.25) is 4.90 Å². The molecular weight excluding hydrogens is 272 g/mol. The van der Waals surface area contributed by atoms with Crippen molar-refractivity contribution >= 4 is 11.3 Å². The van der Waals surface area contributed by atoms with Gasteiger partial charge in [0.2, 0.25) is 5.89 Å². The molecule has 2 aromatic rings. The van der Waals surface area contributed by atoms with Crippen molar-refractivity contribution < 1.29 is 4.52 Å². The molecule has 0 aliphatic rings. The molecule has 2 aromatic heterocycles. The van der Waals surface area contributed by atoms with Gasteiger partial charge in [-0.2, -0.15) is 4.98 Å². The average Bonchev–Trinajstić information content (AvgIpc) is 2.97. The second-order valence-electron chi connectivity index (χ2n) is 5.43. The van der Waals surface area contributed by atoms with Crippen molar-refractivity contribution in [3.8, 4) is 0 Å². The smallest absolute Gasteiger partial charge is 0.243 e. The summed E-state index contributed by atoms with van der Waals surface area (Å²) in [6.45, 7) is 5.80. The Balaban J connectivity index is 1.96. The first-order valence-electron chi connectivity index (χ1n) is 6.67. The molecule has 110 valence electrons. The van der Waals surface area contributed by atoms with Gasteiger partial charge in [0, 0.05) is 18.0 Å². The van der Waals surface area contributed by atoms with Crippen molar-refractivity contribution in [1.29, 1.82) is 0 Å². The van der Waals surface area contributed by atoms with E-state index in [9.17, 15) is 0 Å². The van der Waals surface area contributed by atoms with Gasteiger partial charge < -0.3 is 9.42 Å². The molecule has 0 aromatic carbocycles. The maximum Gasteiger partial charge on any atom is 0.243 e. The topological polar surface area (TPSA) is 45.4 Å². The molecule has 6 heteroatoms. The first kappa shape index (κ1) is 15.2. The van der Waals surface area contributed by atoms with Crippen LogP contribution in [0.1, 0.15) is 35.1 Å². The molecule has 0 N–H and O–H groups in total. The van der Waals surface area contributed by atoms with E-state index in [1.54, 1.807) is 11.3 Å². The molecule has 0 aliphatic heterocycles. The normalized spacial score (nSPS) is 13.3. The van der Waals surface area contributed by atoms with Gasteiger partial charge in [-0.05, 0) is 52.0 Å². The molecule has 1 atom stereocenters. The van der Waals surface area contributed by atoms with Crippen molar-refractivity contribution in [3.05, 3.63) is 33.6 Å². The average molecular weight is 294 g/mol. The Morgan fingerprint density at radius 2 is 2.05 bits per heavy atom. The van der Waals surface area contributed by atoms with Gasteiger partial charge in [-0.1, -0.05) is 5.16 Å². The summed E-state index contributed by atoms with van der Waals surface area (Å²) in [5.74, 6) is 1.36. The minimum atomic E-state index is 0.121. The highest BCUT2D eigenvalue weighted by Crippen LogP contribution is 2.22. The van der Waals surface area contributed by atoms with Crippen molar-refractivity contribution in [2.24, 2.45) is 0 Å². The summed E-state index contributed by atoms with van der Waals surface area (Å²) in [6, 6.07) is 2.39. The van der Waals surface area contributed by atoms with Crippen LogP contribution in [0.3, 0.4) is 0 Å². The molecule has 5 nitrogen and oxygen atoms in total. The number of rotatable bonds is 6. The molecule has 0 aliphatic carbocycles. The highest BCUT2D eigenvalue weighted by atomic mass is 32.1. The Hall–Kier alpha value is -1.24. The van der Waals surface area contributed by atoms with Crippen molar-refractivity contribution in [1.82, 2.24) is 19.9 Å². The van der Waals surface area contributed by atoms with Crippen LogP contribution in [0.2, 0.25) is 0 Å². The Kier molecular flexibility index (Phi) is 4.91. The molecule has 0 saturated carbocycles. The second-order valence-corrected chi connectivity index (χ2v) is 6.43. The van der Waals surface area contributed by atoms with E-state index in [1.165, 1.54) is 10.4 Å². The Bertz CT molecular complexity index is 549. The lowest BCUT2D eigenvalue weighted by Gasteiger charge is -2.20. The molecule has 0 fully saturated rings. The number of aromatic nitrogens is 2. The van der Waals surface area contributed by atoms with Crippen molar-refractivity contribution in [2.45, 2.75) is 33.0 Å². The number of aryl methyl sites for hydroxylation is 1. The maximum absolute atomic E-state index is 5.24. The number of hydrogen-bond acceptors (Lipinski definition) is 6. The highest BCUT2D eigenvalue weighted by molar-refractivity contribution is 7.10. The van der Waals surface area contributed by atoms with Gasteiger partial charge in [-0.25, -0.2) is 0 Å². The van der Waals surface area contributed by atoms with Crippen LogP contribution in [0, 0.1) is 6.92 Å². The lowest BCUT2D eigenvalue weighted by atomic mass is 10.2. The third kappa shape index (κ3) is 3.88. The summed E-state index contributed by atoms with van der Waals surface area (Å²) in [4.78, 5) is 10.0. The SMILES string of the molecule is Cc1noc(C(C)N(C)Cc2cc(CN(C)C)cs2)n1. The Morgan fingerprint density at radius 1 is 1.30 bits per heavy atom. The lowest BCUT2D eigenvalue weighted by Crippen LogP contribution is -2.21. The standard InChI is InChI=1S/C14H22N4OS/c1-10(14-15-11(2)16-19-14)18(5)8-13-6-12(9-20-13)7-17(3)4/h6,9-10H,7-8H2,1-5H3. The van der Waals surface area contributed by atoms with Crippen LogP contribution in [0.15, 0.2) is 16.0 Å². The zero-order valence-electron chi connectivity index (χ0n) is 12.8. The largest absolute Gasteiger partial charge is 0.338 e. The van der Waals surface area contributed by atoms with Crippen molar-refractivity contribution in [3.63, 3.8) is 0 Å². The lowest BCUT2D eigenvalue weighted by molar-refractivity contribution is 0.204. The molecule has 0 radical (unpaired) electrons. The molecule has 0 amide bonds. The quantitative estimate of drug-likeness (QED) is 0.819. The fourth-order valence-corrected chi connectivity index (χ4v) is 2.95. The third-order valence-corrected chi connectivity index (χ3v) is 4.14. The number of thiophene rings is 1. The van der Waals surface area contributed by atoms with E-state index in [4.69, 9.17) is 4.52 Å². The van der Waals surface area contributed by atoms with Crippen LogP contribution in [-0.4, -0.2) is 41.1 Å². The van der Waals surface area contributed by atoms with Gasteiger partial charge in [0.05, 0.1) is 6.04 Å². The molecule has 0 saturated heterocycles. The molecule has 2 heterocycles. The summed E-state index contributed by atoms with van der Waals surface area (Å²) < 4.78 is 5.24. The predicted octanol–water partition coefficient (Wildman–Crippen LogP) is 2.69. The Morgan fingerprint density at radius 3 is 2.65 bits per heavy atom. The molecule has 0 spiro atoms. The Labute approximate surface area is 124 Å². The maximum atomic E-state index is 5.24. The van der Waals surface area contributed by atoms with E-state index < -0.39 is 0 Å². The highest BCUT2D eigenvalue weighted by Gasteiger charge is 2.18. The summed E-state index contributed by atoms with van der Waals surface area (Å²) in [5, 5.41) is 6.08. The van der Waals surface area contributed by atoms with Gasteiger partial charge in [-0.15, -0.1) is 11.3 Å². The van der Waals surface area contributed by atoms with Gasteiger partial charge >= 0.3 is 0 Å². The van der Waals surface area contributed by atoms with E-state index in [1.807, 2.05) is 6.92 Å². The summed E-state index contributed by atoms with van der Waals surface area (Å²) >= 11 is 1.80. The zero-order chi connectivity index (χ0) is 14.7. The molecule has 20 heavy (non-hydrogen) atoms. The molecule has 0 bridgehead atoms. The zero-order valence-corrected chi connectivity index (χ0v) is 13.6. The van der Waals surface area contributed by atoms with Gasteiger partial charge in [0.1, 0.15) is 0 Å². The van der Waals surface area contributed by atoms with Crippen molar-refractivity contribution in [2.75, 3.05) is 21.1 Å². The number of hydrogen-bond donors (Lipinski definition) is 0. The molecule has 2 rings (SSSR count). The minimum Gasteiger partial charge on any atom is -0.338 e. The van der Waals surface area contributed by atoms with Crippen LogP contribution >= 0.6 is 11.3 Å².